The summed E-state index contributed by atoms with van der Waals surface area (Å²) in [5.41, 5.74) is -0.627. The molecule has 0 radical (unpaired) electrons. The first-order valence-electron chi connectivity index (χ1n) is 8.58. The number of sulfonamides is 1. The lowest BCUT2D eigenvalue weighted by Gasteiger charge is -2.16. The molecule has 0 aliphatic rings. The summed E-state index contributed by atoms with van der Waals surface area (Å²) in [6, 6.07) is 5.37. The molecule has 0 saturated carbocycles. The number of aromatic nitrogens is 4. The van der Waals surface area contributed by atoms with Gasteiger partial charge in [-0.1, -0.05) is 6.07 Å². The lowest BCUT2D eigenvalue weighted by Crippen LogP contribution is -2.26. The van der Waals surface area contributed by atoms with Crippen molar-refractivity contribution >= 4 is 21.7 Å². The summed E-state index contributed by atoms with van der Waals surface area (Å²) < 4.78 is 39.3. The zero-order valence-corrected chi connectivity index (χ0v) is 16.9. The van der Waals surface area contributed by atoms with Gasteiger partial charge in [0.15, 0.2) is 0 Å². The molecular formula is C18H18FN7O3S. The quantitative estimate of drug-likeness (QED) is 0.529. The fourth-order valence-electron chi connectivity index (χ4n) is 2.69. The summed E-state index contributed by atoms with van der Waals surface area (Å²) in [5.74, 6) is -1.01. The number of hydrogen-bond acceptors (Lipinski definition) is 8. The molecule has 0 saturated heterocycles. The van der Waals surface area contributed by atoms with Crippen molar-refractivity contribution < 1.29 is 17.9 Å². The monoisotopic (exact) mass is 431 g/mol. The van der Waals surface area contributed by atoms with Crippen LogP contribution in [0.1, 0.15) is 19.4 Å². The van der Waals surface area contributed by atoms with Crippen molar-refractivity contribution in [1.29, 1.82) is 5.26 Å². The molecule has 156 valence electrons. The Kier molecular flexibility index (Phi) is 5.53. The predicted molar refractivity (Wildman–Crippen MR) is 105 cm³/mol. The minimum atomic E-state index is -4.21. The second-order valence-corrected chi connectivity index (χ2v) is 8.62. The molecule has 4 N–H and O–H groups in total. The van der Waals surface area contributed by atoms with E-state index in [1.54, 1.807) is 20.0 Å². The molecule has 0 bridgehead atoms. The SMILES string of the molecule is CC(C)(O)Cn1cc(-c2nc(Nc3c(F)cccc3S(N)(=O)=O)ncc2C#N)cn1. The highest BCUT2D eigenvalue weighted by Gasteiger charge is 2.20. The lowest BCUT2D eigenvalue weighted by atomic mass is 10.1. The van der Waals surface area contributed by atoms with E-state index in [2.05, 4.69) is 20.4 Å². The average Bonchev–Trinajstić information content (AvgIpc) is 3.08. The third-order valence-corrected chi connectivity index (χ3v) is 4.84. The number of benzene rings is 1. The molecule has 0 atom stereocenters. The first-order valence-corrected chi connectivity index (χ1v) is 10.1. The van der Waals surface area contributed by atoms with E-state index in [0.29, 0.717) is 5.56 Å². The number of aliphatic hydroxyl groups is 1. The van der Waals surface area contributed by atoms with Crippen LogP contribution in [0.3, 0.4) is 0 Å². The van der Waals surface area contributed by atoms with Crippen LogP contribution in [0.25, 0.3) is 11.3 Å². The van der Waals surface area contributed by atoms with E-state index >= 15 is 0 Å². The molecule has 3 aromatic rings. The lowest BCUT2D eigenvalue weighted by molar-refractivity contribution is 0.0577. The zero-order chi connectivity index (χ0) is 22.1. The van der Waals surface area contributed by atoms with E-state index in [-0.39, 0.29) is 23.8 Å². The molecule has 0 unspecified atom stereocenters. The molecule has 2 aromatic heterocycles. The van der Waals surface area contributed by atoms with E-state index in [0.717, 1.165) is 12.1 Å². The van der Waals surface area contributed by atoms with Crippen LogP contribution in [-0.2, 0) is 16.6 Å². The van der Waals surface area contributed by atoms with Crippen molar-refractivity contribution in [2.75, 3.05) is 5.32 Å². The van der Waals surface area contributed by atoms with E-state index in [1.807, 2.05) is 6.07 Å². The van der Waals surface area contributed by atoms with Crippen LogP contribution in [0.4, 0.5) is 16.0 Å². The zero-order valence-electron chi connectivity index (χ0n) is 16.0. The first kappa shape index (κ1) is 21.3. The Morgan fingerprint density at radius 3 is 2.73 bits per heavy atom. The third kappa shape index (κ3) is 4.77. The molecule has 0 aliphatic carbocycles. The molecule has 30 heavy (non-hydrogen) atoms. The number of rotatable bonds is 6. The van der Waals surface area contributed by atoms with Gasteiger partial charge < -0.3 is 10.4 Å². The Morgan fingerprint density at radius 1 is 1.37 bits per heavy atom. The van der Waals surface area contributed by atoms with Crippen LogP contribution in [0.2, 0.25) is 0 Å². The van der Waals surface area contributed by atoms with Gasteiger partial charge in [-0.3, -0.25) is 4.68 Å². The summed E-state index contributed by atoms with van der Waals surface area (Å²) >= 11 is 0. The van der Waals surface area contributed by atoms with Gasteiger partial charge in [0.05, 0.1) is 41.5 Å². The number of primary sulfonamides is 1. The second-order valence-electron chi connectivity index (χ2n) is 7.09. The van der Waals surface area contributed by atoms with Gasteiger partial charge in [-0.15, -0.1) is 0 Å². The summed E-state index contributed by atoms with van der Waals surface area (Å²) in [6.07, 6.45) is 4.26. The number of nitrogens with two attached hydrogens (primary N) is 1. The Balaban J connectivity index is 2.03. The average molecular weight is 431 g/mol. The van der Waals surface area contributed by atoms with E-state index in [1.165, 1.54) is 23.1 Å². The Morgan fingerprint density at radius 2 is 2.10 bits per heavy atom. The molecule has 1 aromatic carbocycles. The molecule has 0 spiro atoms. The first-order chi connectivity index (χ1) is 14.0. The van der Waals surface area contributed by atoms with Crippen molar-refractivity contribution in [1.82, 2.24) is 19.7 Å². The fraction of sp³-hybridized carbons (Fsp3) is 0.222. The maximum absolute atomic E-state index is 14.3. The number of nitriles is 1. The molecule has 3 rings (SSSR count). The van der Waals surface area contributed by atoms with Crippen molar-refractivity contribution in [3.05, 3.63) is 48.2 Å². The number of hydrogen-bond donors (Lipinski definition) is 3. The molecular weight excluding hydrogens is 413 g/mol. The highest BCUT2D eigenvalue weighted by atomic mass is 32.2. The van der Waals surface area contributed by atoms with Crippen molar-refractivity contribution in [3.8, 4) is 17.3 Å². The van der Waals surface area contributed by atoms with Gasteiger partial charge in [-0.25, -0.2) is 27.9 Å². The third-order valence-electron chi connectivity index (χ3n) is 3.88. The predicted octanol–water partition coefficient (Wildman–Crippen LogP) is 1.51. The molecule has 0 aliphatic heterocycles. The van der Waals surface area contributed by atoms with Gasteiger partial charge in [-0.2, -0.15) is 10.4 Å². The fourth-order valence-corrected chi connectivity index (χ4v) is 3.39. The van der Waals surface area contributed by atoms with Crippen LogP contribution < -0.4 is 10.5 Å². The number of para-hydroxylation sites is 1. The normalized spacial score (nSPS) is 11.9. The van der Waals surface area contributed by atoms with E-state index in [9.17, 15) is 23.2 Å². The maximum atomic E-state index is 14.3. The van der Waals surface area contributed by atoms with Crippen LogP contribution >= 0.6 is 0 Å². The molecule has 10 nitrogen and oxygen atoms in total. The van der Waals surface area contributed by atoms with Gasteiger partial charge in [0.2, 0.25) is 16.0 Å². The van der Waals surface area contributed by atoms with Gasteiger partial charge in [0, 0.05) is 11.8 Å². The highest BCUT2D eigenvalue weighted by Crippen LogP contribution is 2.28. The summed E-state index contributed by atoms with van der Waals surface area (Å²) in [5, 5.41) is 31.1. The van der Waals surface area contributed by atoms with Crippen molar-refractivity contribution in [2.45, 2.75) is 30.9 Å². The maximum Gasteiger partial charge on any atom is 0.240 e. The molecule has 2 heterocycles. The van der Waals surface area contributed by atoms with Crippen LogP contribution in [0.15, 0.2) is 41.7 Å². The number of nitrogens with one attached hydrogen (secondary N) is 1. The van der Waals surface area contributed by atoms with Crippen LogP contribution in [-0.4, -0.2) is 38.9 Å². The molecule has 0 fully saturated rings. The highest BCUT2D eigenvalue weighted by molar-refractivity contribution is 7.89. The van der Waals surface area contributed by atoms with E-state index in [4.69, 9.17) is 5.14 Å². The Labute approximate surface area is 171 Å². The summed E-state index contributed by atoms with van der Waals surface area (Å²) in [7, 11) is -4.21. The topological polar surface area (TPSA) is 160 Å². The molecule has 0 amide bonds. The van der Waals surface area contributed by atoms with Crippen molar-refractivity contribution in [2.24, 2.45) is 5.14 Å². The van der Waals surface area contributed by atoms with Crippen LogP contribution in [0.5, 0.6) is 0 Å². The van der Waals surface area contributed by atoms with Crippen molar-refractivity contribution in [3.63, 3.8) is 0 Å². The van der Waals surface area contributed by atoms with E-state index < -0.39 is 32.0 Å². The minimum absolute atomic E-state index is 0.128. The van der Waals surface area contributed by atoms with Gasteiger partial charge in [0.1, 0.15) is 16.8 Å². The number of anilines is 2. The Hall–Kier alpha value is -3.40. The number of halogens is 1. The smallest absolute Gasteiger partial charge is 0.240 e. The second kappa shape index (κ2) is 7.79. The largest absolute Gasteiger partial charge is 0.389 e. The van der Waals surface area contributed by atoms with Crippen LogP contribution in [0, 0.1) is 17.1 Å². The Bertz CT molecular complexity index is 1240. The standard InChI is InChI=1S/C18H18FN7O3S/c1-18(2,27)10-26-9-12(8-23-26)15-11(6-20)7-22-17(24-15)25-16-13(19)4-3-5-14(16)30(21,28)29/h3-5,7-9,27H,10H2,1-2H3,(H2,21,28,29)(H,22,24,25). The number of nitrogens with zero attached hydrogens (tertiary/aromatic N) is 5. The summed E-state index contributed by atoms with van der Waals surface area (Å²) in [4.78, 5) is 7.70. The van der Waals surface area contributed by atoms with Gasteiger partial charge in [-0.05, 0) is 26.0 Å². The summed E-state index contributed by atoms with van der Waals surface area (Å²) in [6.45, 7) is 3.45. The van der Waals surface area contributed by atoms with Gasteiger partial charge >= 0.3 is 0 Å². The molecule has 12 heteroatoms. The van der Waals surface area contributed by atoms with Gasteiger partial charge in [0.25, 0.3) is 0 Å². The minimum Gasteiger partial charge on any atom is -0.389 e.